The molecule has 0 aliphatic carbocycles. The smallest absolute Gasteiger partial charge is 0.349 e. The van der Waals surface area contributed by atoms with Gasteiger partial charge in [0.1, 0.15) is 5.69 Å². The first-order valence-corrected chi connectivity index (χ1v) is 12.5. The molecule has 0 bridgehead atoms. The summed E-state index contributed by atoms with van der Waals surface area (Å²) < 4.78 is 4.58. The third-order valence-corrected chi connectivity index (χ3v) is 6.45. The van der Waals surface area contributed by atoms with Crippen LogP contribution in [0.15, 0.2) is 76.0 Å². The fourth-order valence-corrected chi connectivity index (χ4v) is 4.34. The summed E-state index contributed by atoms with van der Waals surface area (Å²) in [5, 5.41) is 19.4. The minimum Gasteiger partial charge on any atom is -0.349 e. The molecule has 0 atom stereocenters. The lowest BCUT2D eigenvalue weighted by atomic mass is 9.86. The van der Waals surface area contributed by atoms with E-state index in [0.717, 1.165) is 10.9 Å². The molecule has 10 nitrogen and oxygen atoms in total. The predicted octanol–water partition coefficient (Wildman–Crippen LogP) is 5.11. The lowest BCUT2D eigenvalue weighted by Gasteiger charge is -2.19. The van der Waals surface area contributed by atoms with Crippen LogP contribution in [0.5, 0.6) is 0 Å². The van der Waals surface area contributed by atoms with E-state index in [1.165, 1.54) is 17.7 Å². The number of rotatable bonds is 6. The minimum atomic E-state index is -0.762. The Bertz CT molecular complexity index is 1830. The Morgan fingerprint density at radius 2 is 1.75 bits per heavy atom. The molecule has 5 aromatic rings. The van der Waals surface area contributed by atoms with E-state index in [-0.39, 0.29) is 29.3 Å². The Hall–Kier alpha value is -5.43. The number of nitriles is 1. The Morgan fingerprint density at radius 1 is 0.975 bits per heavy atom. The van der Waals surface area contributed by atoms with Crippen LogP contribution in [-0.2, 0) is 16.6 Å². The van der Waals surface area contributed by atoms with Crippen molar-refractivity contribution in [2.45, 2.75) is 32.6 Å². The number of benzene rings is 3. The summed E-state index contributed by atoms with van der Waals surface area (Å²) in [5.41, 5.74) is 4.47. The molecule has 4 N–H and O–H groups in total. The molecule has 40 heavy (non-hydrogen) atoms. The summed E-state index contributed by atoms with van der Waals surface area (Å²) in [6.07, 6.45) is 0.209. The van der Waals surface area contributed by atoms with Gasteiger partial charge in [0.05, 0.1) is 34.9 Å². The second-order valence-electron chi connectivity index (χ2n) is 10.4. The van der Waals surface area contributed by atoms with Crippen molar-refractivity contribution in [2.24, 2.45) is 0 Å². The first-order chi connectivity index (χ1) is 19.1. The maximum atomic E-state index is 13.2. The number of aromatic amines is 2. The molecule has 2 aromatic heterocycles. The number of anilines is 2. The van der Waals surface area contributed by atoms with Crippen LogP contribution in [0, 0.1) is 11.3 Å². The molecular weight excluding hydrogens is 508 g/mol. The highest BCUT2D eigenvalue weighted by Crippen LogP contribution is 2.28. The van der Waals surface area contributed by atoms with Gasteiger partial charge in [0, 0.05) is 10.9 Å². The van der Waals surface area contributed by atoms with Crippen molar-refractivity contribution in [1.82, 2.24) is 15.1 Å². The normalized spacial score (nSPS) is 11.2. The minimum absolute atomic E-state index is 0.0325. The maximum Gasteiger partial charge on any atom is 0.439 e. The molecule has 10 heteroatoms. The molecule has 0 unspecified atom stereocenters. The fraction of sp³-hybridized carbons (Fsp3) is 0.167. The lowest BCUT2D eigenvalue weighted by Crippen LogP contribution is -2.15. The van der Waals surface area contributed by atoms with E-state index >= 15 is 0 Å². The summed E-state index contributed by atoms with van der Waals surface area (Å²) in [4.78, 5) is 43.0. The molecule has 3 aromatic carbocycles. The molecule has 0 aliphatic heterocycles. The predicted molar refractivity (Wildman–Crippen MR) is 151 cm³/mol. The Balaban J connectivity index is 1.35. The Labute approximate surface area is 229 Å². The fourth-order valence-electron chi connectivity index (χ4n) is 4.34. The molecule has 5 rings (SSSR count). The van der Waals surface area contributed by atoms with Crippen LogP contribution in [0.25, 0.3) is 22.3 Å². The van der Waals surface area contributed by atoms with Crippen molar-refractivity contribution < 1.29 is 14.1 Å². The van der Waals surface area contributed by atoms with E-state index in [0.29, 0.717) is 28.0 Å². The Kier molecular flexibility index (Phi) is 6.80. The molecule has 0 fully saturated rings. The SMILES string of the molecule is CC(C)(C)c1ccc(CC(=O)Nc2cccc3cc(C(=O)Nc4ccc(C#N)cc4-c4noc(=O)[nH]4)[nH]c23)cc1. The standard InChI is InChI=1S/C30H26N6O4/c1-30(2,3)20-10-7-17(8-11-20)14-25(37)32-23-6-4-5-19-15-24(33-26(19)23)28(38)34-22-12-9-18(16-31)13-21(22)27-35-29(39)40-36-27/h4-13,15,33H,14H2,1-3H3,(H,32,37)(H,34,38)(H,35,36,39). The van der Waals surface area contributed by atoms with Crippen molar-refractivity contribution in [3.8, 4) is 17.5 Å². The summed E-state index contributed by atoms with van der Waals surface area (Å²) in [6, 6.07) is 21.6. The van der Waals surface area contributed by atoms with Crippen molar-refractivity contribution in [1.29, 1.82) is 5.26 Å². The van der Waals surface area contributed by atoms with Crippen LogP contribution in [0.3, 0.4) is 0 Å². The number of carbonyl (C=O) groups excluding carboxylic acids is 2. The number of carbonyl (C=O) groups is 2. The van der Waals surface area contributed by atoms with Gasteiger partial charge in [0.2, 0.25) is 5.91 Å². The van der Waals surface area contributed by atoms with Crippen molar-refractivity contribution in [2.75, 3.05) is 10.6 Å². The number of para-hydroxylation sites is 1. The number of hydrogen-bond acceptors (Lipinski definition) is 6. The van der Waals surface area contributed by atoms with Gasteiger partial charge in [-0.15, -0.1) is 0 Å². The van der Waals surface area contributed by atoms with Crippen LogP contribution in [-0.4, -0.2) is 26.9 Å². The summed E-state index contributed by atoms with van der Waals surface area (Å²) in [6.45, 7) is 6.42. The van der Waals surface area contributed by atoms with Gasteiger partial charge in [-0.3, -0.25) is 19.1 Å². The molecule has 2 heterocycles. The van der Waals surface area contributed by atoms with Crippen LogP contribution < -0.4 is 16.4 Å². The number of amides is 2. The molecule has 0 spiro atoms. The third-order valence-electron chi connectivity index (χ3n) is 6.45. The zero-order valence-corrected chi connectivity index (χ0v) is 22.1. The van der Waals surface area contributed by atoms with Gasteiger partial charge in [-0.1, -0.05) is 62.3 Å². The monoisotopic (exact) mass is 534 g/mol. The molecule has 2 amide bonds. The second kappa shape index (κ2) is 10.4. The van der Waals surface area contributed by atoms with Gasteiger partial charge >= 0.3 is 5.76 Å². The third kappa shape index (κ3) is 5.54. The number of aromatic nitrogens is 3. The van der Waals surface area contributed by atoms with Crippen molar-refractivity contribution >= 4 is 34.1 Å². The zero-order valence-electron chi connectivity index (χ0n) is 22.1. The first-order valence-electron chi connectivity index (χ1n) is 12.5. The van der Waals surface area contributed by atoms with E-state index in [1.54, 1.807) is 24.3 Å². The van der Waals surface area contributed by atoms with Gasteiger partial charge in [-0.2, -0.15) is 5.26 Å². The van der Waals surface area contributed by atoms with Gasteiger partial charge in [-0.25, -0.2) is 4.79 Å². The van der Waals surface area contributed by atoms with Gasteiger partial charge in [0.15, 0.2) is 5.82 Å². The van der Waals surface area contributed by atoms with Crippen molar-refractivity contribution in [3.63, 3.8) is 0 Å². The van der Waals surface area contributed by atoms with Crippen LogP contribution in [0.1, 0.15) is 48.0 Å². The summed E-state index contributed by atoms with van der Waals surface area (Å²) >= 11 is 0. The first kappa shape index (κ1) is 26.2. The number of H-pyrrole nitrogens is 2. The molecule has 0 aliphatic rings. The summed E-state index contributed by atoms with van der Waals surface area (Å²) in [7, 11) is 0. The maximum absolute atomic E-state index is 13.2. The molecule has 200 valence electrons. The number of nitrogens with zero attached hydrogens (tertiary/aromatic N) is 2. The summed E-state index contributed by atoms with van der Waals surface area (Å²) in [5.74, 6) is -1.33. The lowest BCUT2D eigenvalue weighted by molar-refractivity contribution is -0.115. The number of fused-ring (bicyclic) bond motifs is 1. The van der Waals surface area contributed by atoms with E-state index in [4.69, 9.17) is 0 Å². The van der Waals surface area contributed by atoms with E-state index < -0.39 is 11.7 Å². The molecule has 0 saturated carbocycles. The molecule has 0 radical (unpaired) electrons. The number of hydrogen-bond donors (Lipinski definition) is 4. The highest BCUT2D eigenvalue weighted by Gasteiger charge is 2.18. The Morgan fingerprint density at radius 3 is 2.42 bits per heavy atom. The number of nitrogens with one attached hydrogen (secondary N) is 4. The largest absolute Gasteiger partial charge is 0.439 e. The van der Waals surface area contributed by atoms with Gasteiger partial charge in [-0.05, 0) is 46.9 Å². The van der Waals surface area contributed by atoms with E-state index in [2.05, 4.69) is 51.1 Å². The van der Waals surface area contributed by atoms with E-state index in [9.17, 15) is 19.6 Å². The van der Waals surface area contributed by atoms with Crippen LogP contribution in [0.2, 0.25) is 0 Å². The van der Waals surface area contributed by atoms with E-state index in [1.807, 2.05) is 36.4 Å². The van der Waals surface area contributed by atoms with Crippen LogP contribution >= 0.6 is 0 Å². The quantitative estimate of drug-likeness (QED) is 0.237. The average Bonchev–Trinajstić information content (AvgIpc) is 3.56. The highest BCUT2D eigenvalue weighted by molar-refractivity contribution is 6.09. The zero-order chi connectivity index (χ0) is 28.4. The average molecular weight is 535 g/mol. The topological polar surface area (TPSA) is 157 Å². The van der Waals surface area contributed by atoms with Gasteiger partial charge in [0.25, 0.3) is 5.91 Å². The second-order valence-corrected chi connectivity index (χ2v) is 10.4. The van der Waals surface area contributed by atoms with Gasteiger partial charge < -0.3 is 15.6 Å². The molecule has 0 saturated heterocycles. The molecular formula is C30H26N6O4. The highest BCUT2D eigenvalue weighted by atomic mass is 16.5. The van der Waals surface area contributed by atoms with Crippen molar-refractivity contribution in [3.05, 3.63) is 99.7 Å². The van der Waals surface area contributed by atoms with Crippen LogP contribution in [0.4, 0.5) is 11.4 Å².